The summed E-state index contributed by atoms with van der Waals surface area (Å²) in [7, 11) is -2.54. The molecule has 76 valence electrons. The number of hydrogen-bond acceptors (Lipinski definition) is 4. The van der Waals surface area contributed by atoms with Crippen molar-refractivity contribution < 1.29 is 37.9 Å². The Hall–Kier alpha value is 0.182. The Bertz CT molecular complexity index is 305. The van der Waals surface area contributed by atoms with E-state index < -0.39 is 10.4 Å². The largest absolute Gasteiger partial charge is 2.00 e. The van der Waals surface area contributed by atoms with Gasteiger partial charge in [0, 0.05) is 10.4 Å². The molecule has 0 heterocycles. The van der Waals surface area contributed by atoms with Crippen molar-refractivity contribution in [1.82, 2.24) is 0 Å². The molecule has 0 saturated heterocycles. The van der Waals surface area contributed by atoms with Crippen molar-refractivity contribution in [2.75, 3.05) is 0 Å². The Labute approximate surface area is 93.2 Å². The van der Waals surface area contributed by atoms with E-state index in [1.54, 1.807) is 0 Å². The SMILES string of the molecule is O=S(=O)([O-])[O-].Pc1ccccc1.[Pd+2]. The second-order valence-electron chi connectivity index (χ2n) is 1.82. The molecule has 0 N–H and O–H groups in total. The minimum Gasteiger partial charge on any atom is -0.759 e. The van der Waals surface area contributed by atoms with Gasteiger partial charge in [-0.3, -0.25) is 8.42 Å². The molecule has 1 aromatic rings. The topological polar surface area (TPSA) is 80.3 Å². The van der Waals surface area contributed by atoms with Gasteiger partial charge in [0.1, 0.15) is 0 Å². The summed E-state index contributed by atoms with van der Waals surface area (Å²) >= 11 is 0. The third kappa shape index (κ3) is 18.9. The summed E-state index contributed by atoms with van der Waals surface area (Å²) in [6, 6.07) is 10.1. The molecule has 0 radical (unpaired) electrons. The zero-order valence-electron chi connectivity index (χ0n) is 6.32. The summed E-state index contributed by atoms with van der Waals surface area (Å²) in [5, 5.41) is 1.24. The quantitative estimate of drug-likeness (QED) is 0.289. The van der Waals surface area contributed by atoms with Gasteiger partial charge in [0.2, 0.25) is 0 Å². The normalized spacial score (nSPS) is 9.15. The van der Waals surface area contributed by atoms with Crippen LogP contribution in [0.5, 0.6) is 0 Å². The number of rotatable bonds is 0. The van der Waals surface area contributed by atoms with Gasteiger partial charge in [-0.25, -0.2) is 0 Å². The van der Waals surface area contributed by atoms with Crippen LogP contribution in [0.15, 0.2) is 30.3 Å². The van der Waals surface area contributed by atoms with Crippen LogP contribution in [0.4, 0.5) is 0 Å². The van der Waals surface area contributed by atoms with Crippen molar-refractivity contribution in [1.29, 1.82) is 0 Å². The van der Waals surface area contributed by atoms with Crippen molar-refractivity contribution in [2.45, 2.75) is 0 Å². The molecule has 0 aromatic heterocycles. The minimum atomic E-state index is -5.17. The predicted octanol–water partition coefficient (Wildman–Crippen LogP) is -0.153. The molecule has 0 aliphatic heterocycles. The minimum absolute atomic E-state index is 0. The molecular formula is C6H7O4PPdS. The van der Waals surface area contributed by atoms with Gasteiger partial charge in [-0.05, 0) is 5.30 Å². The number of hydrogen-bond donors (Lipinski definition) is 0. The smallest absolute Gasteiger partial charge is 0.759 e. The van der Waals surface area contributed by atoms with Crippen LogP contribution in [0.1, 0.15) is 0 Å². The van der Waals surface area contributed by atoms with Crippen molar-refractivity contribution >= 4 is 24.9 Å². The molecule has 0 saturated carbocycles. The van der Waals surface area contributed by atoms with Gasteiger partial charge >= 0.3 is 20.4 Å². The van der Waals surface area contributed by atoms with Crippen LogP contribution in [0, 0.1) is 0 Å². The summed E-state index contributed by atoms with van der Waals surface area (Å²) in [5.74, 6) is 0. The maximum Gasteiger partial charge on any atom is 2.00 e. The zero-order chi connectivity index (χ0) is 9.61. The Morgan fingerprint density at radius 2 is 1.38 bits per heavy atom. The van der Waals surface area contributed by atoms with Gasteiger partial charge in [-0.1, -0.05) is 30.3 Å². The zero-order valence-corrected chi connectivity index (χ0v) is 9.85. The van der Waals surface area contributed by atoms with Crippen molar-refractivity contribution in [3.05, 3.63) is 30.3 Å². The molecule has 0 fully saturated rings. The van der Waals surface area contributed by atoms with Crippen LogP contribution in [-0.4, -0.2) is 17.5 Å². The van der Waals surface area contributed by atoms with E-state index in [1.165, 1.54) is 5.30 Å². The van der Waals surface area contributed by atoms with Crippen LogP contribution >= 0.6 is 9.24 Å². The van der Waals surface area contributed by atoms with Gasteiger partial charge in [-0.2, -0.15) is 0 Å². The first-order valence-corrected chi connectivity index (χ1v) is 4.78. The molecule has 1 atom stereocenters. The van der Waals surface area contributed by atoms with Gasteiger partial charge in [0.15, 0.2) is 0 Å². The summed E-state index contributed by atoms with van der Waals surface area (Å²) in [6.07, 6.45) is 0. The molecule has 0 amide bonds. The van der Waals surface area contributed by atoms with Gasteiger partial charge in [-0.15, -0.1) is 9.24 Å². The molecule has 7 heteroatoms. The molecule has 0 aliphatic carbocycles. The van der Waals surface area contributed by atoms with E-state index in [0.29, 0.717) is 0 Å². The van der Waals surface area contributed by atoms with Crippen LogP contribution < -0.4 is 5.30 Å². The Morgan fingerprint density at radius 1 is 1.08 bits per heavy atom. The predicted molar refractivity (Wildman–Crippen MR) is 46.3 cm³/mol. The Morgan fingerprint density at radius 3 is 1.54 bits per heavy atom. The molecule has 0 aliphatic rings. The molecule has 13 heavy (non-hydrogen) atoms. The summed E-state index contributed by atoms with van der Waals surface area (Å²) in [4.78, 5) is 0. The van der Waals surface area contributed by atoms with E-state index in [4.69, 9.17) is 17.5 Å². The molecule has 4 nitrogen and oxygen atoms in total. The molecule has 1 aromatic carbocycles. The molecular weight excluding hydrogens is 306 g/mol. The third-order valence-electron chi connectivity index (χ3n) is 0.800. The average Bonchev–Trinajstić information content (AvgIpc) is 1.85. The van der Waals surface area contributed by atoms with E-state index in [-0.39, 0.29) is 20.4 Å². The first kappa shape index (κ1) is 15.6. The third-order valence-corrected chi connectivity index (χ3v) is 1.18. The van der Waals surface area contributed by atoms with Crippen LogP contribution in [0.3, 0.4) is 0 Å². The molecule has 1 rings (SSSR count). The first-order valence-electron chi connectivity index (χ1n) is 2.87. The Balaban J connectivity index is 0. The van der Waals surface area contributed by atoms with Gasteiger partial charge < -0.3 is 9.11 Å². The second-order valence-corrected chi connectivity index (χ2v) is 3.30. The van der Waals surface area contributed by atoms with Gasteiger partial charge in [0.25, 0.3) is 0 Å². The molecule has 0 spiro atoms. The average molecular weight is 313 g/mol. The van der Waals surface area contributed by atoms with E-state index in [1.807, 2.05) is 30.3 Å². The summed E-state index contributed by atoms with van der Waals surface area (Å²) in [6.45, 7) is 0. The standard InChI is InChI=1S/C6H7P.H2O4S.Pd/c7-6-4-2-1-3-5-6;1-5(2,3)4;/h1-5H,7H2;(H2,1,2,3,4);/q;;+2/p-2. The second kappa shape index (κ2) is 7.57. The van der Waals surface area contributed by atoms with Crippen LogP contribution in [-0.2, 0) is 30.8 Å². The fraction of sp³-hybridized carbons (Fsp3) is 0. The fourth-order valence-electron chi connectivity index (χ4n) is 0.453. The van der Waals surface area contributed by atoms with Crippen LogP contribution in [0.25, 0.3) is 0 Å². The van der Waals surface area contributed by atoms with E-state index in [0.717, 1.165) is 0 Å². The fourth-order valence-corrected chi connectivity index (χ4v) is 0.675. The van der Waals surface area contributed by atoms with Gasteiger partial charge in [0.05, 0.1) is 0 Å². The summed E-state index contributed by atoms with van der Waals surface area (Å²) in [5.41, 5.74) is 0. The maximum atomic E-state index is 8.52. The van der Waals surface area contributed by atoms with Crippen molar-refractivity contribution in [3.63, 3.8) is 0 Å². The summed E-state index contributed by atoms with van der Waals surface area (Å²) < 4.78 is 34.1. The molecule has 0 bridgehead atoms. The van der Waals surface area contributed by atoms with Crippen LogP contribution in [0.2, 0.25) is 0 Å². The first-order chi connectivity index (χ1) is 5.39. The molecule has 1 unspecified atom stereocenters. The van der Waals surface area contributed by atoms with E-state index in [2.05, 4.69) is 9.24 Å². The van der Waals surface area contributed by atoms with Crippen molar-refractivity contribution in [2.24, 2.45) is 0 Å². The number of benzene rings is 1. The maximum absolute atomic E-state index is 8.52. The Kier molecular flexibility index (Phi) is 9.11. The van der Waals surface area contributed by atoms with E-state index >= 15 is 0 Å². The van der Waals surface area contributed by atoms with E-state index in [9.17, 15) is 0 Å². The van der Waals surface area contributed by atoms with Crippen molar-refractivity contribution in [3.8, 4) is 0 Å². The monoisotopic (exact) mass is 312 g/mol.